The van der Waals surface area contributed by atoms with Crippen molar-refractivity contribution in [2.75, 3.05) is 0 Å². The Kier molecular flexibility index (Phi) is 3.24. The number of hydrogen-bond acceptors (Lipinski definition) is 5. The zero-order valence-electron chi connectivity index (χ0n) is 12.1. The van der Waals surface area contributed by atoms with Crippen molar-refractivity contribution < 1.29 is 9.90 Å². The number of rotatable bonds is 3. The van der Waals surface area contributed by atoms with Crippen LogP contribution in [0.2, 0.25) is 0 Å². The summed E-state index contributed by atoms with van der Waals surface area (Å²) >= 11 is 2.96. The van der Waals surface area contributed by atoms with Crippen molar-refractivity contribution in [1.82, 2.24) is 14.6 Å². The van der Waals surface area contributed by atoms with E-state index in [0.717, 1.165) is 21.7 Å². The van der Waals surface area contributed by atoms with Gasteiger partial charge in [0.05, 0.1) is 16.1 Å². The zero-order chi connectivity index (χ0) is 16.0. The van der Waals surface area contributed by atoms with E-state index in [1.165, 1.54) is 11.3 Å². The Bertz CT molecular complexity index is 1010. The lowest BCUT2D eigenvalue weighted by Gasteiger charge is -1.97. The Morgan fingerprint density at radius 2 is 2.04 bits per heavy atom. The highest BCUT2D eigenvalue weighted by Crippen LogP contribution is 2.39. The number of carbonyl (C=O) groups is 1. The molecular formula is C16H11N3O2S2. The van der Waals surface area contributed by atoms with Crippen molar-refractivity contribution in [3.05, 3.63) is 53.3 Å². The van der Waals surface area contributed by atoms with Crippen molar-refractivity contribution >= 4 is 33.5 Å². The number of aromatic nitrogens is 3. The van der Waals surface area contributed by atoms with Gasteiger partial charge in [-0.15, -0.1) is 22.7 Å². The van der Waals surface area contributed by atoms with Crippen molar-refractivity contribution in [2.45, 2.75) is 6.92 Å². The highest BCUT2D eigenvalue weighted by Gasteiger charge is 2.23. The van der Waals surface area contributed by atoms with Gasteiger partial charge in [-0.25, -0.2) is 14.3 Å². The standard InChI is InChI=1S/C16H11N3O2S2/c1-9-11(15-19(18-9)7-8-22-15)14-17-12(16(20)21)13(23-14)10-5-3-2-4-6-10/h2-8H,1H3,(H,20,21). The lowest BCUT2D eigenvalue weighted by molar-refractivity contribution is 0.0692. The van der Waals surface area contributed by atoms with Crippen LogP contribution >= 0.6 is 22.7 Å². The predicted molar refractivity (Wildman–Crippen MR) is 91.3 cm³/mol. The van der Waals surface area contributed by atoms with Gasteiger partial charge in [0.2, 0.25) is 0 Å². The maximum atomic E-state index is 11.6. The van der Waals surface area contributed by atoms with Crippen LogP contribution in [0.1, 0.15) is 16.2 Å². The third kappa shape index (κ3) is 2.25. The van der Waals surface area contributed by atoms with Crippen molar-refractivity contribution in [2.24, 2.45) is 0 Å². The normalized spacial score (nSPS) is 11.2. The van der Waals surface area contributed by atoms with Gasteiger partial charge in [-0.3, -0.25) is 0 Å². The first-order valence-corrected chi connectivity index (χ1v) is 8.57. The first kappa shape index (κ1) is 14.1. The first-order chi connectivity index (χ1) is 11.1. The van der Waals surface area contributed by atoms with Gasteiger partial charge in [0, 0.05) is 11.6 Å². The molecular weight excluding hydrogens is 330 g/mol. The fourth-order valence-corrected chi connectivity index (χ4v) is 4.60. The van der Waals surface area contributed by atoms with Crippen LogP contribution in [-0.2, 0) is 0 Å². The molecule has 0 saturated carbocycles. The lowest BCUT2D eigenvalue weighted by atomic mass is 10.1. The summed E-state index contributed by atoms with van der Waals surface area (Å²) < 4.78 is 1.80. The molecule has 0 radical (unpaired) electrons. The molecule has 4 rings (SSSR count). The quantitative estimate of drug-likeness (QED) is 0.606. The Labute approximate surface area is 139 Å². The maximum absolute atomic E-state index is 11.6. The topological polar surface area (TPSA) is 67.5 Å². The second-order valence-corrected chi connectivity index (χ2v) is 6.87. The smallest absolute Gasteiger partial charge is 0.356 e. The van der Waals surface area contributed by atoms with Crippen molar-refractivity contribution in [3.8, 4) is 21.0 Å². The lowest BCUT2D eigenvalue weighted by Crippen LogP contribution is -1.98. The van der Waals surface area contributed by atoms with Crippen LogP contribution in [0.4, 0.5) is 0 Å². The third-order valence-corrected chi connectivity index (χ3v) is 5.50. The summed E-state index contributed by atoms with van der Waals surface area (Å²) in [5.41, 5.74) is 2.71. The molecule has 23 heavy (non-hydrogen) atoms. The van der Waals surface area contributed by atoms with Gasteiger partial charge >= 0.3 is 5.97 Å². The Balaban J connectivity index is 1.96. The number of carboxylic acids is 1. The third-order valence-electron chi connectivity index (χ3n) is 3.50. The van der Waals surface area contributed by atoms with Gasteiger partial charge in [-0.2, -0.15) is 5.10 Å². The van der Waals surface area contributed by atoms with E-state index in [-0.39, 0.29) is 5.69 Å². The molecule has 0 spiro atoms. The van der Waals surface area contributed by atoms with Crippen LogP contribution in [0.3, 0.4) is 0 Å². The molecule has 0 saturated heterocycles. The van der Waals surface area contributed by atoms with Crippen LogP contribution in [0.25, 0.3) is 25.8 Å². The van der Waals surface area contributed by atoms with Gasteiger partial charge in [0.15, 0.2) is 5.69 Å². The molecule has 3 heterocycles. The van der Waals surface area contributed by atoms with Gasteiger partial charge < -0.3 is 5.11 Å². The number of fused-ring (bicyclic) bond motifs is 1. The summed E-state index contributed by atoms with van der Waals surface area (Å²) in [4.78, 5) is 17.6. The Morgan fingerprint density at radius 1 is 1.26 bits per heavy atom. The summed E-state index contributed by atoms with van der Waals surface area (Å²) in [6.07, 6.45) is 1.89. The average Bonchev–Trinajstić information content (AvgIpc) is 3.21. The van der Waals surface area contributed by atoms with Crippen LogP contribution in [0.5, 0.6) is 0 Å². The van der Waals surface area contributed by atoms with Crippen LogP contribution < -0.4 is 0 Å². The minimum absolute atomic E-state index is 0.0894. The molecule has 1 aromatic carbocycles. The largest absolute Gasteiger partial charge is 0.476 e. The fraction of sp³-hybridized carbons (Fsp3) is 0.0625. The minimum atomic E-state index is -1.02. The van der Waals surface area contributed by atoms with E-state index in [2.05, 4.69) is 10.1 Å². The summed E-state index contributed by atoms with van der Waals surface area (Å²) in [5, 5.41) is 16.6. The predicted octanol–water partition coefficient (Wildman–Crippen LogP) is 4.19. The highest BCUT2D eigenvalue weighted by atomic mass is 32.1. The average molecular weight is 341 g/mol. The first-order valence-electron chi connectivity index (χ1n) is 6.87. The van der Waals surface area contributed by atoms with Crippen LogP contribution in [0.15, 0.2) is 41.9 Å². The molecule has 0 unspecified atom stereocenters. The molecule has 7 heteroatoms. The SMILES string of the molecule is Cc1nn2ccsc2c1-c1nc(C(=O)O)c(-c2ccccc2)s1. The Hall–Kier alpha value is -2.51. The second kappa shape index (κ2) is 5.29. The molecule has 0 fully saturated rings. The van der Waals surface area contributed by atoms with E-state index in [4.69, 9.17) is 0 Å². The molecule has 0 aliphatic heterocycles. The summed E-state index contributed by atoms with van der Waals surface area (Å²) in [7, 11) is 0. The van der Waals surface area contributed by atoms with E-state index in [0.29, 0.717) is 9.88 Å². The molecule has 3 aromatic heterocycles. The molecule has 0 aliphatic carbocycles. The summed E-state index contributed by atoms with van der Waals surface area (Å²) in [6, 6.07) is 9.49. The number of aromatic carboxylic acids is 1. The summed E-state index contributed by atoms with van der Waals surface area (Å²) in [6.45, 7) is 1.92. The molecule has 114 valence electrons. The van der Waals surface area contributed by atoms with Gasteiger partial charge in [-0.05, 0) is 12.5 Å². The number of carboxylic acid groups (broad SMARTS) is 1. The molecule has 0 atom stereocenters. The molecule has 1 N–H and O–H groups in total. The molecule has 0 amide bonds. The molecule has 5 nitrogen and oxygen atoms in total. The summed E-state index contributed by atoms with van der Waals surface area (Å²) in [5.74, 6) is -1.02. The monoisotopic (exact) mass is 341 g/mol. The Morgan fingerprint density at radius 3 is 2.78 bits per heavy atom. The van der Waals surface area contributed by atoms with E-state index in [1.54, 1.807) is 15.9 Å². The number of benzene rings is 1. The van der Waals surface area contributed by atoms with Crippen molar-refractivity contribution in [3.63, 3.8) is 0 Å². The minimum Gasteiger partial charge on any atom is -0.476 e. The molecule has 4 aromatic rings. The van der Waals surface area contributed by atoms with E-state index in [1.807, 2.05) is 48.8 Å². The number of aryl methyl sites for hydroxylation is 1. The van der Waals surface area contributed by atoms with Gasteiger partial charge in [0.1, 0.15) is 9.84 Å². The maximum Gasteiger partial charge on any atom is 0.356 e. The molecule has 0 aliphatic rings. The number of nitrogens with zero attached hydrogens (tertiary/aromatic N) is 3. The van der Waals surface area contributed by atoms with E-state index >= 15 is 0 Å². The van der Waals surface area contributed by atoms with E-state index in [9.17, 15) is 9.90 Å². The zero-order valence-corrected chi connectivity index (χ0v) is 13.7. The van der Waals surface area contributed by atoms with Gasteiger partial charge in [0.25, 0.3) is 0 Å². The molecule has 0 bridgehead atoms. The highest BCUT2D eigenvalue weighted by molar-refractivity contribution is 7.20. The van der Waals surface area contributed by atoms with E-state index < -0.39 is 5.97 Å². The fourth-order valence-electron chi connectivity index (χ4n) is 2.50. The number of hydrogen-bond donors (Lipinski definition) is 1. The number of thiazole rings is 2. The second-order valence-electron chi connectivity index (χ2n) is 4.98. The van der Waals surface area contributed by atoms with Crippen LogP contribution in [-0.4, -0.2) is 25.7 Å². The van der Waals surface area contributed by atoms with Gasteiger partial charge in [-0.1, -0.05) is 30.3 Å². The van der Waals surface area contributed by atoms with Crippen molar-refractivity contribution in [1.29, 1.82) is 0 Å². The van der Waals surface area contributed by atoms with Crippen LogP contribution in [0, 0.1) is 6.92 Å².